The molecule has 0 N–H and O–H groups in total. The lowest BCUT2D eigenvalue weighted by atomic mass is 10.2. The Hall–Kier alpha value is -1.19. The van der Waals surface area contributed by atoms with Gasteiger partial charge in [-0.1, -0.05) is 0 Å². The Kier molecular flexibility index (Phi) is 2.12. The molecule has 1 fully saturated rings. The maximum absolute atomic E-state index is 11.9. The minimum Gasteiger partial charge on any atom is -0.433 e. The monoisotopic (exact) mass is 185 g/mol. The van der Waals surface area contributed by atoms with Gasteiger partial charge in [0.05, 0.1) is 5.69 Å². The molecular formula is C9H9F2NO. The van der Waals surface area contributed by atoms with E-state index < -0.39 is 6.61 Å². The van der Waals surface area contributed by atoms with E-state index in [0.717, 1.165) is 12.8 Å². The van der Waals surface area contributed by atoms with E-state index in [1.807, 2.05) is 0 Å². The van der Waals surface area contributed by atoms with Crippen LogP contribution in [-0.2, 0) is 0 Å². The van der Waals surface area contributed by atoms with Crippen LogP contribution < -0.4 is 4.74 Å². The van der Waals surface area contributed by atoms with Gasteiger partial charge in [-0.3, -0.25) is 4.98 Å². The van der Waals surface area contributed by atoms with Crippen molar-refractivity contribution in [1.82, 2.24) is 4.98 Å². The van der Waals surface area contributed by atoms with Gasteiger partial charge in [0.1, 0.15) is 5.75 Å². The van der Waals surface area contributed by atoms with Gasteiger partial charge in [0.2, 0.25) is 0 Å². The second kappa shape index (κ2) is 3.28. The lowest BCUT2D eigenvalue weighted by Gasteiger charge is -2.07. The van der Waals surface area contributed by atoms with Crippen molar-refractivity contribution in [3.63, 3.8) is 0 Å². The molecule has 0 saturated heterocycles. The highest BCUT2D eigenvalue weighted by Crippen LogP contribution is 2.43. The predicted octanol–water partition coefficient (Wildman–Crippen LogP) is 2.56. The van der Waals surface area contributed by atoms with Crippen molar-refractivity contribution >= 4 is 0 Å². The molecule has 0 aromatic carbocycles. The average Bonchev–Trinajstić information content (AvgIpc) is 2.87. The van der Waals surface area contributed by atoms with Gasteiger partial charge in [0, 0.05) is 12.1 Å². The SMILES string of the molecule is FC(F)Oc1cccnc1C1CC1. The summed E-state index contributed by atoms with van der Waals surface area (Å²) < 4.78 is 28.2. The smallest absolute Gasteiger partial charge is 0.387 e. The molecule has 1 aromatic heterocycles. The Morgan fingerprint density at radius 1 is 1.46 bits per heavy atom. The summed E-state index contributed by atoms with van der Waals surface area (Å²) in [6.07, 6.45) is 3.65. The molecule has 0 aliphatic heterocycles. The van der Waals surface area contributed by atoms with E-state index in [-0.39, 0.29) is 5.75 Å². The van der Waals surface area contributed by atoms with E-state index in [4.69, 9.17) is 0 Å². The molecule has 0 amide bonds. The van der Waals surface area contributed by atoms with Gasteiger partial charge in [-0.05, 0) is 25.0 Å². The Balaban J connectivity index is 2.21. The van der Waals surface area contributed by atoms with Crippen LogP contribution in [0, 0.1) is 0 Å². The van der Waals surface area contributed by atoms with Crippen LogP contribution in [0.3, 0.4) is 0 Å². The Morgan fingerprint density at radius 3 is 2.85 bits per heavy atom. The van der Waals surface area contributed by atoms with Crippen molar-refractivity contribution < 1.29 is 13.5 Å². The van der Waals surface area contributed by atoms with E-state index in [0.29, 0.717) is 11.6 Å². The van der Waals surface area contributed by atoms with Crippen LogP contribution in [0.25, 0.3) is 0 Å². The van der Waals surface area contributed by atoms with E-state index >= 15 is 0 Å². The van der Waals surface area contributed by atoms with E-state index in [9.17, 15) is 8.78 Å². The number of pyridine rings is 1. The van der Waals surface area contributed by atoms with E-state index in [1.54, 1.807) is 12.3 Å². The van der Waals surface area contributed by atoms with Crippen LogP contribution in [-0.4, -0.2) is 11.6 Å². The summed E-state index contributed by atoms with van der Waals surface area (Å²) in [5, 5.41) is 0. The zero-order valence-corrected chi connectivity index (χ0v) is 6.91. The van der Waals surface area contributed by atoms with Crippen molar-refractivity contribution in [2.75, 3.05) is 0 Å². The molecule has 0 radical (unpaired) electrons. The van der Waals surface area contributed by atoms with Crippen molar-refractivity contribution in [3.8, 4) is 5.75 Å². The normalized spacial score (nSPS) is 16.2. The molecule has 0 spiro atoms. The lowest BCUT2D eigenvalue weighted by molar-refractivity contribution is -0.0507. The summed E-state index contributed by atoms with van der Waals surface area (Å²) in [4.78, 5) is 4.04. The maximum atomic E-state index is 11.9. The molecule has 1 aliphatic rings. The fourth-order valence-electron chi connectivity index (χ4n) is 1.26. The minimum absolute atomic E-state index is 0.222. The third-order valence-corrected chi connectivity index (χ3v) is 1.98. The fourth-order valence-corrected chi connectivity index (χ4v) is 1.26. The molecular weight excluding hydrogens is 176 g/mol. The first-order valence-electron chi connectivity index (χ1n) is 4.17. The standard InChI is InChI=1S/C9H9F2NO/c10-9(11)13-7-2-1-5-12-8(7)6-3-4-6/h1-2,5-6,9H,3-4H2. The summed E-state index contributed by atoms with van der Waals surface area (Å²) >= 11 is 0. The first-order valence-corrected chi connectivity index (χ1v) is 4.17. The van der Waals surface area contributed by atoms with Gasteiger partial charge >= 0.3 is 6.61 Å². The van der Waals surface area contributed by atoms with Crippen molar-refractivity contribution in [2.45, 2.75) is 25.4 Å². The highest BCUT2D eigenvalue weighted by Gasteiger charge is 2.28. The van der Waals surface area contributed by atoms with Crippen LogP contribution in [0.2, 0.25) is 0 Å². The number of hydrogen-bond acceptors (Lipinski definition) is 2. The van der Waals surface area contributed by atoms with Crippen molar-refractivity contribution in [1.29, 1.82) is 0 Å². The molecule has 0 atom stereocenters. The second-order valence-electron chi connectivity index (χ2n) is 3.04. The maximum Gasteiger partial charge on any atom is 0.387 e. The number of halogens is 2. The first kappa shape index (κ1) is 8.41. The second-order valence-corrected chi connectivity index (χ2v) is 3.04. The van der Waals surface area contributed by atoms with Crippen molar-refractivity contribution in [2.24, 2.45) is 0 Å². The van der Waals surface area contributed by atoms with Crippen LogP contribution in [0.5, 0.6) is 5.75 Å². The molecule has 0 unspecified atom stereocenters. The molecule has 1 aliphatic carbocycles. The molecule has 1 heterocycles. The largest absolute Gasteiger partial charge is 0.433 e. The Morgan fingerprint density at radius 2 is 2.23 bits per heavy atom. The van der Waals surface area contributed by atoms with Gasteiger partial charge in [0.15, 0.2) is 0 Å². The number of hydrogen-bond donors (Lipinski definition) is 0. The third kappa shape index (κ3) is 1.94. The molecule has 2 rings (SSSR count). The molecule has 13 heavy (non-hydrogen) atoms. The zero-order valence-electron chi connectivity index (χ0n) is 6.91. The summed E-state index contributed by atoms with van der Waals surface area (Å²) in [5.41, 5.74) is 0.669. The molecule has 1 saturated carbocycles. The summed E-state index contributed by atoms with van der Waals surface area (Å²) in [7, 11) is 0. The fraction of sp³-hybridized carbons (Fsp3) is 0.444. The minimum atomic E-state index is -2.76. The molecule has 0 bridgehead atoms. The van der Waals surface area contributed by atoms with E-state index in [1.165, 1.54) is 6.07 Å². The zero-order chi connectivity index (χ0) is 9.26. The number of nitrogens with zero attached hydrogens (tertiary/aromatic N) is 1. The molecule has 4 heteroatoms. The van der Waals surface area contributed by atoms with Gasteiger partial charge in [0.25, 0.3) is 0 Å². The van der Waals surface area contributed by atoms with Gasteiger partial charge in [-0.25, -0.2) is 0 Å². The topological polar surface area (TPSA) is 22.1 Å². The van der Waals surface area contributed by atoms with Crippen LogP contribution in [0.1, 0.15) is 24.5 Å². The van der Waals surface area contributed by atoms with Crippen molar-refractivity contribution in [3.05, 3.63) is 24.0 Å². The molecule has 1 aromatic rings. The summed E-state index contributed by atoms with van der Waals surface area (Å²) in [6, 6.07) is 3.14. The van der Waals surface area contributed by atoms with Gasteiger partial charge < -0.3 is 4.74 Å². The molecule has 2 nitrogen and oxygen atoms in total. The molecule has 70 valence electrons. The van der Waals surface area contributed by atoms with Gasteiger partial charge in [-0.2, -0.15) is 8.78 Å². The quantitative estimate of drug-likeness (QED) is 0.721. The highest BCUT2D eigenvalue weighted by atomic mass is 19.3. The Labute approximate surface area is 74.5 Å². The number of ether oxygens (including phenoxy) is 1. The summed E-state index contributed by atoms with van der Waals surface area (Å²) in [5.74, 6) is 0.551. The van der Waals surface area contributed by atoms with Crippen LogP contribution in [0.4, 0.5) is 8.78 Å². The summed E-state index contributed by atoms with van der Waals surface area (Å²) in [6.45, 7) is -2.76. The third-order valence-electron chi connectivity index (χ3n) is 1.98. The predicted molar refractivity (Wildman–Crippen MR) is 42.8 cm³/mol. The van der Waals surface area contributed by atoms with Gasteiger partial charge in [-0.15, -0.1) is 0 Å². The van der Waals surface area contributed by atoms with E-state index in [2.05, 4.69) is 9.72 Å². The Bertz CT molecular complexity index is 299. The lowest BCUT2D eigenvalue weighted by Crippen LogP contribution is -2.04. The number of aromatic nitrogens is 1. The first-order chi connectivity index (χ1) is 6.27. The van der Waals surface area contributed by atoms with Crippen LogP contribution >= 0.6 is 0 Å². The highest BCUT2D eigenvalue weighted by molar-refractivity contribution is 5.32. The number of alkyl halides is 2. The number of rotatable bonds is 3. The van der Waals surface area contributed by atoms with Crippen LogP contribution in [0.15, 0.2) is 18.3 Å². The average molecular weight is 185 g/mol.